The van der Waals surface area contributed by atoms with Gasteiger partial charge in [0, 0.05) is 18.8 Å². The van der Waals surface area contributed by atoms with Gasteiger partial charge in [-0.05, 0) is 26.8 Å². The van der Waals surface area contributed by atoms with Gasteiger partial charge in [0.05, 0.1) is 5.69 Å². The Labute approximate surface area is 78.4 Å². The molecule has 4 heteroatoms. The van der Waals surface area contributed by atoms with Gasteiger partial charge < -0.3 is 10.8 Å². The minimum absolute atomic E-state index is 0.200. The van der Waals surface area contributed by atoms with Gasteiger partial charge in [-0.2, -0.15) is 5.10 Å². The summed E-state index contributed by atoms with van der Waals surface area (Å²) in [4.78, 5) is 0. The van der Waals surface area contributed by atoms with Crippen LogP contribution in [0.4, 0.5) is 0 Å². The third kappa shape index (κ3) is 1.89. The summed E-state index contributed by atoms with van der Waals surface area (Å²) in [5.41, 5.74) is 5.26. The predicted molar refractivity (Wildman–Crippen MR) is 51.2 cm³/mol. The number of hydrogen-bond acceptors (Lipinski definition) is 3. The van der Waals surface area contributed by atoms with E-state index in [1.165, 1.54) is 0 Å². The highest BCUT2D eigenvalue weighted by atomic mass is 16.3. The molecule has 1 unspecified atom stereocenters. The van der Waals surface area contributed by atoms with Gasteiger partial charge in [-0.1, -0.05) is 0 Å². The Morgan fingerprint density at radius 3 is 2.77 bits per heavy atom. The zero-order chi connectivity index (χ0) is 10.1. The van der Waals surface area contributed by atoms with Crippen molar-refractivity contribution in [3.05, 3.63) is 18.0 Å². The first-order chi connectivity index (χ1) is 5.99. The lowest BCUT2D eigenvalue weighted by molar-refractivity contribution is 0.0556. The fourth-order valence-electron chi connectivity index (χ4n) is 1.26. The average Bonchev–Trinajstić information content (AvgIpc) is 2.52. The summed E-state index contributed by atoms with van der Waals surface area (Å²) in [7, 11) is 0. The number of hydrogen-bond donors (Lipinski definition) is 2. The number of nitrogens with zero attached hydrogens (tertiary/aromatic N) is 2. The first-order valence-electron chi connectivity index (χ1n) is 4.45. The summed E-state index contributed by atoms with van der Waals surface area (Å²) in [5.74, 6) is 0. The van der Waals surface area contributed by atoms with Gasteiger partial charge >= 0.3 is 0 Å². The highest BCUT2D eigenvalue weighted by Gasteiger charge is 2.25. The van der Waals surface area contributed by atoms with Crippen molar-refractivity contribution in [3.8, 4) is 0 Å². The first kappa shape index (κ1) is 10.2. The maximum absolute atomic E-state index is 9.93. The van der Waals surface area contributed by atoms with Crippen LogP contribution in [0, 0.1) is 0 Å². The van der Waals surface area contributed by atoms with Crippen LogP contribution in [0.3, 0.4) is 0 Å². The summed E-state index contributed by atoms with van der Waals surface area (Å²) < 4.78 is 1.78. The standard InChI is InChI=1S/C9H17N3O/c1-7(2)12-8(4-5-11-12)9(3,13)6-10/h4-5,7,13H,6,10H2,1-3H3. The normalized spacial score (nSPS) is 16.2. The van der Waals surface area contributed by atoms with E-state index in [2.05, 4.69) is 5.10 Å². The third-order valence-electron chi connectivity index (χ3n) is 2.11. The highest BCUT2D eigenvalue weighted by molar-refractivity contribution is 5.11. The van der Waals surface area contributed by atoms with E-state index in [1.54, 1.807) is 23.9 Å². The van der Waals surface area contributed by atoms with Crippen LogP contribution in [0.25, 0.3) is 0 Å². The maximum atomic E-state index is 9.93. The van der Waals surface area contributed by atoms with Gasteiger partial charge in [0.25, 0.3) is 0 Å². The second-order valence-electron chi connectivity index (χ2n) is 3.73. The fourth-order valence-corrected chi connectivity index (χ4v) is 1.26. The molecule has 1 rings (SSSR count). The molecule has 0 aromatic carbocycles. The smallest absolute Gasteiger partial charge is 0.115 e. The Balaban J connectivity index is 3.07. The number of rotatable bonds is 3. The Hall–Kier alpha value is -0.870. The second-order valence-corrected chi connectivity index (χ2v) is 3.73. The quantitative estimate of drug-likeness (QED) is 0.722. The van der Waals surface area contributed by atoms with E-state index < -0.39 is 5.60 Å². The molecule has 0 aliphatic rings. The average molecular weight is 183 g/mol. The van der Waals surface area contributed by atoms with E-state index in [1.807, 2.05) is 13.8 Å². The number of nitrogens with two attached hydrogens (primary N) is 1. The van der Waals surface area contributed by atoms with E-state index in [0.29, 0.717) is 0 Å². The summed E-state index contributed by atoms with van der Waals surface area (Å²) >= 11 is 0. The number of aromatic nitrogens is 2. The lowest BCUT2D eigenvalue weighted by Gasteiger charge is -2.23. The molecular formula is C9H17N3O. The van der Waals surface area contributed by atoms with E-state index >= 15 is 0 Å². The van der Waals surface area contributed by atoms with Crippen LogP contribution in [-0.2, 0) is 5.60 Å². The molecule has 3 N–H and O–H groups in total. The zero-order valence-corrected chi connectivity index (χ0v) is 8.36. The first-order valence-corrected chi connectivity index (χ1v) is 4.45. The van der Waals surface area contributed by atoms with Crippen LogP contribution in [0.1, 0.15) is 32.5 Å². The van der Waals surface area contributed by atoms with Gasteiger partial charge in [0.1, 0.15) is 5.60 Å². The van der Waals surface area contributed by atoms with E-state index in [-0.39, 0.29) is 12.6 Å². The van der Waals surface area contributed by atoms with Gasteiger partial charge in [0.15, 0.2) is 0 Å². The zero-order valence-electron chi connectivity index (χ0n) is 8.36. The molecule has 0 radical (unpaired) electrons. The van der Waals surface area contributed by atoms with E-state index in [0.717, 1.165) is 5.69 Å². The minimum Gasteiger partial charge on any atom is -0.383 e. The van der Waals surface area contributed by atoms with Gasteiger partial charge in [0.2, 0.25) is 0 Å². The monoisotopic (exact) mass is 183 g/mol. The van der Waals surface area contributed by atoms with Crippen molar-refractivity contribution in [1.82, 2.24) is 9.78 Å². The molecule has 1 heterocycles. The van der Waals surface area contributed by atoms with Crippen molar-refractivity contribution in [2.75, 3.05) is 6.54 Å². The summed E-state index contributed by atoms with van der Waals surface area (Å²) in [6, 6.07) is 2.04. The van der Waals surface area contributed by atoms with Crippen molar-refractivity contribution in [2.45, 2.75) is 32.4 Å². The van der Waals surface area contributed by atoms with Crippen LogP contribution in [0.2, 0.25) is 0 Å². The molecule has 1 aromatic rings. The third-order valence-corrected chi connectivity index (χ3v) is 2.11. The van der Waals surface area contributed by atoms with Gasteiger partial charge in [-0.3, -0.25) is 4.68 Å². The Morgan fingerprint density at radius 2 is 2.31 bits per heavy atom. The molecule has 13 heavy (non-hydrogen) atoms. The molecule has 0 fully saturated rings. The Bertz CT molecular complexity index is 278. The van der Waals surface area contributed by atoms with Crippen LogP contribution in [-0.4, -0.2) is 21.4 Å². The lowest BCUT2D eigenvalue weighted by atomic mass is 10.0. The molecule has 0 amide bonds. The maximum Gasteiger partial charge on any atom is 0.115 e. The lowest BCUT2D eigenvalue weighted by Crippen LogP contribution is -2.34. The molecule has 0 aliphatic carbocycles. The largest absolute Gasteiger partial charge is 0.383 e. The highest BCUT2D eigenvalue weighted by Crippen LogP contribution is 2.21. The van der Waals surface area contributed by atoms with Crippen molar-refractivity contribution >= 4 is 0 Å². The molecular weight excluding hydrogens is 166 g/mol. The molecule has 4 nitrogen and oxygen atoms in total. The van der Waals surface area contributed by atoms with Crippen molar-refractivity contribution < 1.29 is 5.11 Å². The molecule has 0 saturated heterocycles. The van der Waals surface area contributed by atoms with Crippen molar-refractivity contribution in [1.29, 1.82) is 0 Å². The van der Waals surface area contributed by atoms with Crippen LogP contribution >= 0.6 is 0 Å². The summed E-state index contributed by atoms with van der Waals surface area (Å²) in [6.07, 6.45) is 1.68. The van der Waals surface area contributed by atoms with Crippen LogP contribution in [0.5, 0.6) is 0 Å². The minimum atomic E-state index is -0.985. The Kier molecular flexibility index (Phi) is 2.73. The second kappa shape index (κ2) is 3.47. The van der Waals surface area contributed by atoms with Gasteiger partial charge in [-0.15, -0.1) is 0 Å². The predicted octanol–water partition coefficient (Wildman–Crippen LogP) is 0.630. The Morgan fingerprint density at radius 1 is 1.69 bits per heavy atom. The molecule has 1 atom stereocenters. The topological polar surface area (TPSA) is 64.1 Å². The molecule has 0 saturated carbocycles. The van der Waals surface area contributed by atoms with Gasteiger partial charge in [-0.25, -0.2) is 0 Å². The molecule has 0 bridgehead atoms. The fraction of sp³-hybridized carbons (Fsp3) is 0.667. The molecule has 1 aromatic heterocycles. The van der Waals surface area contributed by atoms with Crippen LogP contribution < -0.4 is 5.73 Å². The number of aliphatic hydroxyl groups is 1. The van der Waals surface area contributed by atoms with Crippen molar-refractivity contribution in [2.24, 2.45) is 5.73 Å². The molecule has 74 valence electrons. The van der Waals surface area contributed by atoms with E-state index in [4.69, 9.17) is 5.73 Å². The SMILES string of the molecule is CC(C)n1nccc1C(C)(O)CN. The molecule has 0 aliphatic heterocycles. The van der Waals surface area contributed by atoms with Crippen LogP contribution in [0.15, 0.2) is 12.3 Å². The van der Waals surface area contributed by atoms with Crippen molar-refractivity contribution in [3.63, 3.8) is 0 Å². The summed E-state index contributed by atoms with van der Waals surface area (Å²) in [6.45, 7) is 5.93. The molecule has 0 spiro atoms. The summed E-state index contributed by atoms with van der Waals surface area (Å²) in [5, 5.41) is 14.1. The van der Waals surface area contributed by atoms with E-state index in [9.17, 15) is 5.11 Å².